The van der Waals surface area contributed by atoms with Crippen LogP contribution in [0, 0.1) is 5.92 Å². The number of hydrogen-bond acceptors (Lipinski definition) is 3. The molecule has 0 radical (unpaired) electrons. The van der Waals surface area contributed by atoms with Crippen molar-refractivity contribution in [3.63, 3.8) is 0 Å². The predicted octanol–water partition coefficient (Wildman–Crippen LogP) is 1.10. The second-order valence-electron chi connectivity index (χ2n) is 3.84. The molecule has 3 nitrogen and oxygen atoms in total. The highest BCUT2D eigenvalue weighted by Gasteiger charge is 2.38. The number of esters is 1. The molecule has 1 aliphatic rings. The maximum Gasteiger partial charge on any atom is 0.330 e. The van der Waals surface area contributed by atoms with Crippen LogP contribution >= 0.6 is 0 Å². The Kier molecular flexibility index (Phi) is 3.09. The van der Waals surface area contributed by atoms with E-state index in [0.717, 1.165) is 13.0 Å². The Morgan fingerprint density at radius 3 is 2.77 bits per heavy atom. The van der Waals surface area contributed by atoms with Crippen LogP contribution in [-0.2, 0) is 9.53 Å². The van der Waals surface area contributed by atoms with Crippen molar-refractivity contribution >= 4 is 5.97 Å². The van der Waals surface area contributed by atoms with Crippen molar-refractivity contribution in [2.75, 3.05) is 13.7 Å². The lowest BCUT2D eigenvalue weighted by Gasteiger charge is -2.26. The van der Waals surface area contributed by atoms with Crippen molar-refractivity contribution in [3.05, 3.63) is 12.2 Å². The third-order valence-corrected chi connectivity index (χ3v) is 2.22. The summed E-state index contributed by atoms with van der Waals surface area (Å²) in [6, 6.07) is 0. The van der Waals surface area contributed by atoms with E-state index in [0.29, 0.717) is 5.92 Å². The third-order valence-electron chi connectivity index (χ3n) is 2.22. The van der Waals surface area contributed by atoms with E-state index in [-0.39, 0.29) is 5.97 Å². The second-order valence-corrected chi connectivity index (χ2v) is 3.84. The van der Waals surface area contributed by atoms with Crippen LogP contribution in [0.15, 0.2) is 12.2 Å². The Morgan fingerprint density at radius 1 is 1.69 bits per heavy atom. The lowest BCUT2D eigenvalue weighted by atomic mass is 9.90. The minimum atomic E-state index is -0.567. The molecule has 0 spiro atoms. The fourth-order valence-corrected chi connectivity index (χ4v) is 1.75. The summed E-state index contributed by atoms with van der Waals surface area (Å²) in [7, 11) is 1.43. The first kappa shape index (κ1) is 10.3. The maximum atomic E-state index is 11.5. The largest absolute Gasteiger partial charge is 0.467 e. The molecule has 0 saturated heterocycles. The van der Waals surface area contributed by atoms with Gasteiger partial charge in [0.15, 0.2) is 0 Å². The highest BCUT2D eigenvalue weighted by atomic mass is 16.5. The zero-order valence-corrected chi connectivity index (χ0v) is 8.46. The number of carbonyl (C=O) groups excluding carboxylic acids is 1. The van der Waals surface area contributed by atoms with Gasteiger partial charge in [-0.2, -0.15) is 0 Å². The molecule has 0 aromatic carbocycles. The summed E-state index contributed by atoms with van der Waals surface area (Å²) in [6.45, 7) is 4.94. The number of nitrogens with one attached hydrogen (secondary N) is 1. The van der Waals surface area contributed by atoms with Gasteiger partial charge in [-0.1, -0.05) is 26.0 Å². The summed E-state index contributed by atoms with van der Waals surface area (Å²) >= 11 is 0. The Balaban J connectivity index is 2.75. The van der Waals surface area contributed by atoms with Crippen LogP contribution < -0.4 is 5.32 Å². The lowest BCUT2D eigenvalue weighted by Crippen LogP contribution is -2.49. The third kappa shape index (κ3) is 2.10. The molecule has 0 aromatic heterocycles. The van der Waals surface area contributed by atoms with Gasteiger partial charge in [0, 0.05) is 6.54 Å². The molecule has 0 aliphatic carbocycles. The van der Waals surface area contributed by atoms with Gasteiger partial charge in [0.05, 0.1) is 7.11 Å². The molecule has 1 aliphatic heterocycles. The van der Waals surface area contributed by atoms with Gasteiger partial charge in [-0.25, -0.2) is 4.79 Å². The molecule has 1 atom stereocenters. The van der Waals surface area contributed by atoms with Gasteiger partial charge in [0.2, 0.25) is 0 Å². The second kappa shape index (κ2) is 3.92. The Morgan fingerprint density at radius 2 is 2.38 bits per heavy atom. The summed E-state index contributed by atoms with van der Waals surface area (Å²) in [5.74, 6) is 0.282. The fourth-order valence-electron chi connectivity index (χ4n) is 1.75. The summed E-state index contributed by atoms with van der Waals surface area (Å²) in [5, 5.41) is 3.17. The summed E-state index contributed by atoms with van der Waals surface area (Å²) < 4.78 is 4.79. The van der Waals surface area contributed by atoms with E-state index in [1.165, 1.54) is 7.11 Å². The first-order valence-electron chi connectivity index (χ1n) is 4.62. The van der Waals surface area contributed by atoms with E-state index in [4.69, 9.17) is 4.74 Å². The SMILES string of the molecule is COC(=O)[C@@]1(CC(C)C)C=CCN1. The molecule has 1 heterocycles. The monoisotopic (exact) mass is 183 g/mol. The van der Waals surface area contributed by atoms with Crippen molar-refractivity contribution in [3.8, 4) is 0 Å². The molecular formula is C10H17NO2. The van der Waals surface area contributed by atoms with Gasteiger partial charge in [0.25, 0.3) is 0 Å². The highest BCUT2D eigenvalue weighted by Crippen LogP contribution is 2.23. The van der Waals surface area contributed by atoms with Gasteiger partial charge < -0.3 is 4.74 Å². The number of carbonyl (C=O) groups is 1. The molecule has 0 bridgehead atoms. The quantitative estimate of drug-likeness (QED) is 0.526. The van der Waals surface area contributed by atoms with Crippen LogP contribution in [0.1, 0.15) is 20.3 Å². The summed E-state index contributed by atoms with van der Waals surface area (Å²) in [6.07, 6.45) is 4.67. The summed E-state index contributed by atoms with van der Waals surface area (Å²) in [5.41, 5.74) is -0.567. The Hall–Kier alpha value is -0.830. The summed E-state index contributed by atoms with van der Waals surface area (Å²) in [4.78, 5) is 11.5. The van der Waals surface area contributed by atoms with Crippen molar-refractivity contribution in [2.24, 2.45) is 5.92 Å². The van der Waals surface area contributed by atoms with E-state index in [1.54, 1.807) is 0 Å². The molecule has 13 heavy (non-hydrogen) atoms. The molecule has 1 N–H and O–H groups in total. The molecule has 0 amide bonds. The van der Waals surface area contributed by atoms with Crippen LogP contribution in [-0.4, -0.2) is 25.2 Å². The smallest absolute Gasteiger partial charge is 0.330 e. The predicted molar refractivity (Wildman–Crippen MR) is 51.3 cm³/mol. The van der Waals surface area contributed by atoms with Crippen LogP contribution in [0.3, 0.4) is 0 Å². The average Bonchev–Trinajstić information content (AvgIpc) is 2.51. The fraction of sp³-hybridized carbons (Fsp3) is 0.700. The molecule has 0 saturated carbocycles. The van der Waals surface area contributed by atoms with Crippen LogP contribution in [0.4, 0.5) is 0 Å². The number of methoxy groups -OCH3 is 1. The van der Waals surface area contributed by atoms with Crippen LogP contribution in [0.2, 0.25) is 0 Å². The molecule has 1 rings (SSSR count). The highest BCUT2D eigenvalue weighted by molar-refractivity contribution is 5.84. The number of rotatable bonds is 3. The molecular weight excluding hydrogens is 166 g/mol. The molecule has 0 fully saturated rings. The van der Waals surface area contributed by atoms with Gasteiger partial charge in [-0.15, -0.1) is 0 Å². The first-order valence-corrected chi connectivity index (χ1v) is 4.62. The van der Waals surface area contributed by atoms with Crippen LogP contribution in [0.25, 0.3) is 0 Å². The zero-order valence-electron chi connectivity index (χ0n) is 8.46. The molecule has 0 unspecified atom stereocenters. The van der Waals surface area contributed by atoms with Crippen LogP contribution in [0.5, 0.6) is 0 Å². The van der Waals surface area contributed by atoms with E-state index >= 15 is 0 Å². The maximum absolute atomic E-state index is 11.5. The first-order chi connectivity index (χ1) is 6.10. The Labute approximate surface area is 79.2 Å². The Bertz CT molecular complexity index is 223. The van der Waals surface area contributed by atoms with E-state index in [1.807, 2.05) is 12.2 Å². The lowest BCUT2D eigenvalue weighted by molar-refractivity contribution is -0.146. The van der Waals surface area contributed by atoms with E-state index in [9.17, 15) is 4.79 Å². The van der Waals surface area contributed by atoms with E-state index in [2.05, 4.69) is 19.2 Å². The van der Waals surface area contributed by atoms with Crippen molar-refractivity contribution in [1.82, 2.24) is 5.32 Å². The minimum Gasteiger partial charge on any atom is -0.467 e. The van der Waals surface area contributed by atoms with Gasteiger partial charge >= 0.3 is 5.97 Å². The average molecular weight is 183 g/mol. The number of hydrogen-bond donors (Lipinski definition) is 1. The normalized spacial score (nSPS) is 26.8. The van der Waals surface area contributed by atoms with Crippen molar-refractivity contribution < 1.29 is 9.53 Å². The molecule has 74 valence electrons. The standard InChI is InChI=1S/C10H17NO2/c1-8(2)7-10(9(12)13-3)5-4-6-11-10/h4-5,8,11H,6-7H2,1-3H3/t10-/m0/s1. The molecule has 0 aromatic rings. The van der Waals surface area contributed by atoms with E-state index < -0.39 is 5.54 Å². The van der Waals surface area contributed by atoms with Gasteiger partial charge in [-0.05, 0) is 12.3 Å². The zero-order chi connectivity index (χ0) is 9.90. The molecule has 3 heteroatoms. The number of ether oxygens (including phenoxy) is 1. The van der Waals surface area contributed by atoms with Gasteiger partial charge in [0.1, 0.15) is 5.54 Å². The topological polar surface area (TPSA) is 38.3 Å². The van der Waals surface area contributed by atoms with Gasteiger partial charge in [-0.3, -0.25) is 5.32 Å². The minimum absolute atomic E-state index is 0.185. The van der Waals surface area contributed by atoms with Crippen molar-refractivity contribution in [2.45, 2.75) is 25.8 Å². The van der Waals surface area contributed by atoms with Crippen molar-refractivity contribution in [1.29, 1.82) is 0 Å².